The smallest absolute Gasteiger partial charge is 0.123 e. The zero-order chi connectivity index (χ0) is 16.7. The Morgan fingerprint density at radius 3 is 2.04 bits per heavy atom. The number of aliphatic hydroxyl groups excluding tert-OH is 1. The van der Waals surface area contributed by atoms with Crippen LogP contribution in [0, 0.1) is 11.6 Å². The van der Waals surface area contributed by atoms with Gasteiger partial charge >= 0.3 is 0 Å². The van der Waals surface area contributed by atoms with E-state index in [9.17, 15) is 13.9 Å². The van der Waals surface area contributed by atoms with Gasteiger partial charge in [0.1, 0.15) is 11.6 Å². The summed E-state index contributed by atoms with van der Waals surface area (Å²) < 4.78 is 27.1. The molecular weight excluding hydrogens is 296 g/mol. The SMILES string of the molecule is CCCCNCC(O)C(c1cccc(F)c1)c1cccc(F)c1. The summed E-state index contributed by atoms with van der Waals surface area (Å²) >= 11 is 0. The van der Waals surface area contributed by atoms with E-state index in [1.165, 1.54) is 24.3 Å². The van der Waals surface area contributed by atoms with Crippen molar-refractivity contribution in [3.8, 4) is 0 Å². The Morgan fingerprint density at radius 2 is 1.57 bits per heavy atom. The summed E-state index contributed by atoms with van der Waals surface area (Å²) in [6, 6.07) is 12.2. The zero-order valence-corrected chi connectivity index (χ0v) is 13.3. The normalized spacial score (nSPS) is 12.6. The van der Waals surface area contributed by atoms with Crippen LogP contribution >= 0.6 is 0 Å². The lowest BCUT2D eigenvalue weighted by atomic mass is 9.86. The molecule has 2 N–H and O–H groups in total. The maximum absolute atomic E-state index is 13.6. The quantitative estimate of drug-likeness (QED) is 0.725. The van der Waals surface area contributed by atoms with Crippen molar-refractivity contribution < 1.29 is 13.9 Å². The number of nitrogens with one attached hydrogen (secondary N) is 1. The van der Waals surface area contributed by atoms with Gasteiger partial charge in [-0.1, -0.05) is 37.6 Å². The molecule has 1 atom stereocenters. The molecule has 2 aromatic rings. The summed E-state index contributed by atoms with van der Waals surface area (Å²) in [7, 11) is 0. The molecule has 2 nitrogen and oxygen atoms in total. The van der Waals surface area contributed by atoms with Gasteiger partial charge in [-0.3, -0.25) is 0 Å². The largest absolute Gasteiger partial charge is 0.391 e. The molecule has 124 valence electrons. The number of benzene rings is 2. The Labute approximate surface area is 136 Å². The first-order valence-electron chi connectivity index (χ1n) is 8.01. The van der Waals surface area contributed by atoms with Crippen LogP contribution in [0.5, 0.6) is 0 Å². The summed E-state index contributed by atoms with van der Waals surface area (Å²) in [6.45, 7) is 3.28. The Kier molecular flexibility index (Phi) is 6.68. The topological polar surface area (TPSA) is 32.3 Å². The third kappa shape index (κ3) is 5.12. The van der Waals surface area contributed by atoms with Gasteiger partial charge in [-0.2, -0.15) is 0 Å². The second kappa shape index (κ2) is 8.75. The van der Waals surface area contributed by atoms with E-state index in [-0.39, 0.29) is 11.6 Å². The molecule has 0 fully saturated rings. The molecule has 23 heavy (non-hydrogen) atoms. The van der Waals surface area contributed by atoms with Crippen molar-refractivity contribution in [1.82, 2.24) is 5.32 Å². The minimum absolute atomic E-state index is 0.366. The fourth-order valence-electron chi connectivity index (χ4n) is 2.71. The lowest BCUT2D eigenvalue weighted by Gasteiger charge is -2.24. The molecule has 0 heterocycles. The molecule has 1 unspecified atom stereocenters. The molecule has 4 heteroatoms. The van der Waals surface area contributed by atoms with Crippen molar-refractivity contribution in [2.24, 2.45) is 0 Å². The van der Waals surface area contributed by atoms with E-state index in [2.05, 4.69) is 12.2 Å². The predicted molar refractivity (Wildman–Crippen MR) is 88.4 cm³/mol. The highest BCUT2D eigenvalue weighted by Crippen LogP contribution is 2.29. The minimum Gasteiger partial charge on any atom is -0.391 e. The fraction of sp³-hybridized carbons (Fsp3) is 0.368. The molecule has 0 saturated carbocycles. The molecule has 2 aromatic carbocycles. The van der Waals surface area contributed by atoms with Gasteiger partial charge in [0.25, 0.3) is 0 Å². The Hall–Kier alpha value is -1.78. The Morgan fingerprint density at radius 1 is 1.00 bits per heavy atom. The van der Waals surface area contributed by atoms with Crippen LogP contribution in [0.2, 0.25) is 0 Å². The van der Waals surface area contributed by atoms with Gasteiger partial charge in [-0.15, -0.1) is 0 Å². The fourth-order valence-corrected chi connectivity index (χ4v) is 2.71. The van der Waals surface area contributed by atoms with Crippen molar-refractivity contribution in [3.05, 3.63) is 71.3 Å². The molecular formula is C19H23F2NO. The second-order valence-corrected chi connectivity index (χ2v) is 5.71. The number of rotatable bonds is 8. The van der Waals surface area contributed by atoms with Crippen LogP contribution in [-0.2, 0) is 0 Å². The molecule has 0 bridgehead atoms. The standard InChI is InChI=1S/C19H23F2NO/c1-2-3-10-22-13-18(23)19(14-6-4-8-16(20)11-14)15-7-5-9-17(21)12-15/h4-9,11-12,18-19,22-23H,2-3,10,13H2,1H3. The molecule has 0 aliphatic carbocycles. The molecule has 0 aliphatic rings. The maximum atomic E-state index is 13.6. The molecule has 0 saturated heterocycles. The van der Waals surface area contributed by atoms with Gasteiger partial charge in [0, 0.05) is 12.5 Å². The average Bonchev–Trinajstić information content (AvgIpc) is 2.52. The van der Waals surface area contributed by atoms with E-state index < -0.39 is 12.0 Å². The van der Waals surface area contributed by atoms with Crippen molar-refractivity contribution in [1.29, 1.82) is 0 Å². The van der Waals surface area contributed by atoms with Gasteiger partial charge in [0.15, 0.2) is 0 Å². The Bertz CT molecular complexity index is 572. The number of hydrogen-bond acceptors (Lipinski definition) is 2. The van der Waals surface area contributed by atoms with Crippen molar-refractivity contribution in [2.45, 2.75) is 31.8 Å². The minimum atomic E-state index is -0.768. The van der Waals surface area contributed by atoms with Crippen LogP contribution in [0.3, 0.4) is 0 Å². The van der Waals surface area contributed by atoms with Crippen molar-refractivity contribution in [3.63, 3.8) is 0 Å². The number of aliphatic hydroxyl groups is 1. The van der Waals surface area contributed by atoms with Crippen LogP contribution < -0.4 is 5.32 Å². The highest BCUT2D eigenvalue weighted by Gasteiger charge is 2.23. The van der Waals surface area contributed by atoms with Crippen LogP contribution in [0.1, 0.15) is 36.8 Å². The van der Waals surface area contributed by atoms with Crippen LogP contribution in [0.25, 0.3) is 0 Å². The third-order valence-electron chi connectivity index (χ3n) is 3.86. The highest BCUT2D eigenvalue weighted by molar-refractivity contribution is 5.34. The summed E-state index contributed by atoms with van der Waals surface area (Å²) in [5.41, 5.74) is 1.28. The van der Waals surface area contributed by atoms with Gasteiger partial charge in [-0.25, -0.2) is 8.78 Å². The highest BCUT2D eigenvalue weighted by atomic mass is 19.1. The number of unbranched alkanes of at least 4 members (excludes halogenated alkanes) is 1. The monoisotopic (exact) mass is 319 g/mol. The van der Waals surface area contributed by atoms with E-state index >= 15 is 0 Å². The summed E-state index contributed by atoms with van der Waals surface area (Å²) in [5.74, 6) is -1.21. The van der Waals surface area contributed by atoms with Gasteiger partial charge in [-0.05, 0) is 48.4 Å². The van der Waals surface area contributed by atoms with E-state index in [4.69, 9.17) is 0 Å². The van der Waals surface area contributed by atoms with Gasteiger partial charge in [0.2, 0.25) is 0 Å². The van der Waals surface area contributed by atoms with Crippen molar-refractivity contribution in [2.75, 3.05) is 13.1 Å². The number of halogens is 2. The lowest BCUT2D eigenvalue weighted by Crippen LogP contribution is -2.33. The van der Waals surface area contributed by atoms with Gasteiger partial charge in [0.05, 0.1) is 6.10 Å². The maximum Gasteiger partial charge on any atom is 0.123 e. The third-order valence-corrected chi connectivity index (χ3v) is 3.86. The second-order valence-electron chi connectivity index (χ2n) is 5.71. The molecule has 0 aromatic heterocycles. The first-order chi connectivity index (χ1) is 11.1. The van der Waals surface area contributed by atoms with E-state index in [0.29, 0.717) is 17.7 Å². The van der Waals surface area contributed by atoms with Gasteiger partial charge < -0.3 is 10.4 Å². The summed E-state index contributed by atoms with van der Waals surface area (Å²) in [6.07, 6.45) is 1.33. The van der Waals surface area contributed by atoms with E-state index in [1.54, 1.807) is 24.3 Å². The average molecular weight is 319 g/mol. The molecule has 0 spiro atoms. The predicted octanol–water partition coefficient (Wildman–Crippen LogP) is 3.85. The first-order valence-corrected chi connectivity index (χ1v) is 8.01. The first kappa shape index (κ1) is 17.6. The lowest BCUT2D eigenvalue weighted by molar-refractivity contribution is 0.153. The van der Waals surface area contributed by atoms with Crippen LogP contribution in [0.4, 0.5) is 8.78 Å². The van der Waals surface area contributed by atoms with Crippen LogP contribution in [-0.4, -0.2) is 24.3 Å². The summed E-state index contributed by atoms with van der Waals surface area (Å²) in [5, 5.41) is 13.8. The number of hydrogen-bond donors (Lipinski definition) is 2. The Balaban J connectivity index is 2.24. The molecule has 0 radical (unpaired) electrons. The van der Waals surface area contributed by atoms with Crippen LogP contribution in [0.15, 0.2) is 48.5 Å². The molecule has 0 amide bonds. The molecule has 0 aliphatic heterocycles. The summed E-state index contributed by atoms with van der Waals surface area (Å²) in [4.78, 5) is 0. The van der Waals surface area contributed by atoms with E-state index in [0.717, 1.165) is 19.4 Å². The van der Waals surface area contributed by atoms with E-state index in [1.807, 2.05) is 0 Å². The zero-order valence-electron chi connectivity index (χ0n) is 13.3. The molecule has 2 rings (SSSR count). The van der Waals surface area contributed by atoms with Crippen molar-refractivity contribution >= 4 is 0 Å².